The van der Waals surface area contributed by atoms with Crippen molar-refractivity contribution in [2.24, 2.45) is 7.05 Å². The fraction of sp³-hybridized carbons (Fsp3) is 0.333. The monoisotopic (exact) mass is 548 g/mol. The summed E-state index contributed by atoms with van der Waals surface area (Å²) < 4.78 is 1.59. The summed E-state index contributed by atoms with van der Waals surface area (Å²) in [4.78, 5) is 47.3. The molecule has 0 saturated carbocycles. The first kappa shape index (κ1) is 26.4. The minimum absolute atomic E-state index is 0.0935. The van der Waals surface area contributed by atoms with Crippen LogP contribution in [0.5, 0.6) is 0 Å². The average molecular weight is 549 g/mol. The number of anilines is 3. The molecule has 11 nitrogen and oxygen atoms in total. The zero-order valence-corrected chi connectivity index (χ0v) is 22.9. The number of piperazine rings is 1. The Labute approximate surface area is 230 Å². The van der Waals surface area contributed by atoms with Gasteiger partial charge in [0.05, 0.1) is 34.5 Å². The molecular weight excluding hydrogens is 520 g/mol. The van der Waals surface area contributed by atoms with Crippen molar-refractivity contribution in [1.29, 1.82) is 0 Å². The van der Waals surface area contributed by atoms with Gasteiger partial charge in [-0.05, 0) is 44.5 Å². The number of fused-ring (bicyclic) bond motifs is 1. The van der Waals surface area contributed by atoms with Gasteiger partial charge in [-0.25, -0.2) is 19.7 Å². The van der Waals surface area contributed by atoms with Crippen molar-refractivity contribution in [3.05, 3.63) is 74.7 Å². The molecule has 1 fully saturated rings. The first-order valence-corrected chi connectivity index (χ1v) is 13.0. The van der Waals surface area contributed by atoms with Gasteiger partial charge in [0.25, 0.3) is 5.56 Å². The molecule has 12 heteroatoms. The number of hydrogen-bond acceptors (Lipinski definition) is 9. The predicted octanol–water partition coefficient (Wildman–Crippen LogP) is 3.59. The molecule has 39 heavy (non-hydrogen) atoms. The molecule has 4 aromatic rings. The molecule has 1 aromatic carbocycles. The Morgan fingerprint density at radius 2 is 1.77 bits per heavy atom. The number of carboxylic acids is 1. The lowest BCUT2D eigenvalue weighted by Gasteiger charge is -2.36. The van der Waals surface area contributed by atoms with Crippen molar-refractivity contribution in [3.63, 3.8) is 0 Å². The first-order valence-electron chi connectivity index (χ1n) is 12.6. The molecule has 4 heterocycles. The number of pyridine rings is 1. The van der Waals surface area contributed by atoms with Crippen molar-refractivity contribution < 1.29 is 9.90 Å². The fourth-order valence-corrected chi connectivity index (χ4v) is 5.07. The molecule has 0 amide bonds. The summed E-state index contributed by atoms with van der Waals surface area (Å²) in [7, 11) is 1.74. The Bertz CT molecular complexity index is 1630. The SMILES string of the molecule is Cc1cc([C@@H](C)Nc2ccc(Cl)nc2C(=O)O)c2nc(N3CCN(c4cncc(C)n4)CC3)n(C)c(=O)c2c1. The quantitative estimate of drug-likeness (QED) is 0.345. The van der Waals surface area contributed by atoms with Gasteiger partial charge in [-0.3, -0.25) is 14.3 Å². The molecule has 1 saturated heterocycles. The Hall–Kier alpha value is -4.25. The standard InChI is InChI=1S/C27H29ClN8O3/c1-15-11-18(17(3)31-20-5-6-21(28)32-24(20)26(38)39)23-19(12-15)25(37)34(4)27(33-23)36-9-7-35(8-10-36)22-14-29-13-16(2)30-22/h5-6,11-14,17,31H,7-10H2,1-4H3,(H,38,39)/t17-/m1/s1. The number of halogens is 1. The van der Waals surface area contributed by atoms with Crippen molar-refractivity contribution in [2.45, 2.75) is 26.8 Å². The van der Waals surface area contributed by atoms with Gasteiger partial charge in [-0.15, -0.1) is 0 Å². The van der Waals surface area contributed by atoms with Crippen LogP contribution in [-0.2, 0) is 7.05 Å². The molecular formula is C27H29ClN8O3. The van der Waals surface area contributed by atoms with Crippen molar-refractivity contribution in [2.75, 3.05) is 41.3 Å². The van der Waals surface area contributed by atoms with E-state index in [1.807, 2.05) is 32.9 Å². The highest BCUT2D eigenvalue weighted by Gasteiger charge is 2.24. The minimum Gasteiger partial charge on any atom is -0.476 e. The number of aromatic carboxylic acids is 1. The van der Waals surface area contributed by atoms with E-state index < -0.39 is 5.97 Å². The Morgan fingerprint density at radius 1 is 1.05 bits per heavy atom. The molecule has 1 atom stereocenters. The largest absolute Gasteiger partial charge is 0.476 e. The maximum absolute atomic E-state index is 13.5. The Morgan fingerprint density at radius 3 is 2.46 bits per heavy atom. The molecule has 0 aliphatic carbocycles. The third-order valence-corrected chi connectivity index (χ3v) is 7.07. The van der Waals surface area contributed by atoms with Gasteiger partial charge in [0, 0.05) is 45.0 Å². The van der Waals surface area contributed by atoms with Crippen LogP contribution < -0.4 is 20.7 Å². The van der Waals surface area contributed by atoms with E-state index in [9.17, 15) is 14.7 Å². The summed E-state index contributed by atoms with van der Waals surface area (Å²) in [6, 6.07) is 6.55. The molecule has 1 aliphatic heterocycles. The number of aryl methyl sites for hydroxylation is 2. The van der Waals surface area contributed by atoms with Gasteiger partial charge in [0.2, 0.25) is 5.95 Å². The number of benzene rings is 1. The van der Waals surface area contributed by atoms with Gasteiger partial charge in [0.1, 0.15) is 11.0 Å². The van der Waals surface area contributed by atoms with E-state index in [-0.39, 0.29) is 22.4 Å². The van der Waals surface area contributed by atoms with Crippen LogP contribution in [0.15, 0.2) is 41.5 Å². The highest BCUT2D eigenvalue weighted by Crippen LogP contribution is 2.29. The summed E-state index contributed by atoms with van der Waals surface area (Å²) in [5.41, 5.74) is 3.13. The van der Waals surface area contributed by atoms with Crippen LogP contribution in [0.3, 0.4) is 0 Å². The Kier molecular flexibility index (Phi) is 7.09. The van der Waals surface area contributed by atoms with Crippen LogP contribution in [-0.4, -0.2) is 61.8 Å². The summed E-state index contributed by atoms with van der Waals surface area (Å²) in [6.45, 7) is 8.49. The molecule has 1 aliphatic rings. The van der Waals surface area contributed by atoms with Crippen LogP contribution in [0.4, 0.5) is 17.5 Å². The number of hydrogen-bond donors (Lipinski definition) is 2. The summed E-state index contributed by atoms with van der Waals surface area (Å²) in [6.07, 6.45) is 3.50. The second kappa shape index (κ2) is 10.5. The topological polar surface area (TPSA) is 129 Å². The van der Waals surface area contributed by atoms with Gasteiger partial charge in [0.15, 0.2) is 5.69 Å². The molecule has 2 N–H and O–H groups in total. The van der Waals surface area contributed by atoms with Gasteiger partial charge in [-0.2, -0.15) is 0 Å². The third-order valence-electron chi connectivity index (χ3n) is 6.86. The fourth-order valence-electron chi connectivity index (χ4n) is 4.92. The van der Waals surface area contributed by atoms with E-state index in [2.05, 4.69) is 30.1 Å². The highest BCUT2D eigenvalue weighted by atomic mass is 35.5. The number of rotatable bonds is 6. The lowest BCUT2D eigenvalue weighted by molar-refractivity contribution is 0.0691. The van der Waals surface area contributed by atoms with Crippen molar-refractivity contribution in [3.8, 4) is 0 Å². The van der Waals surface area contributed by atoms with E-state index in [4.69, 9.17) is 16.6 Å². The predicted molar refractivity (Wildman–Crippen MR) is 151 cm³/mol. The smallest absolute Gasteiger partial charge is 0.356 e. The van der Waals surface area contributed by atoms with Crippen LogP contribution in [0.25, 0.3) is 10.9 Å². The van der Waals surface area contributed by atoms with E-state index in [1.54, 1.807) is 30.1 Å². The summed E-state index contributed by atoms with van der Waals surface area (Å²) >= 11 is 5.92. The van der Waals surface area contributed by atoms with E-state index in [0.717, 1.165) is 22.6 Å². The van der Waals surface area contributed by atoms with Gasteiger partial charge in [-0.1, -0.05) is 17.7 Å². The molecule has 3 aromatic heterocycles. The first-order chi connectivity index (χ1) is 18.6. The van der Waals surface area contributed by atoms with Crippen LogP contribution in [0.2, 0.25) is 5.15 Å². The lowest BCUT2D eigenvalue weighted by atomic mass is 10.0. The van der Waals surface area contributed by atoms with Crippen LogP contribution in [0, 0.1) is 13.8 Å². The zero-order valence-electron chi connectivity index (χ0n) is 22.1. The molecule has 202 valence electrons. The van der Waals surface area contributed by atoms with E-state index >= 15 is 0 Å². The minimum atomic E-state index is -1.19. The van der Waals surface area contributed by atoms with Crippen LogP contribution >= 0.6 is 11.6 Å². The number of aromatic nitrogens is 5. The Balaban J connectivity index is 1.49. The summed E-state index contributed by atoms with van der Waals surface area (Å²) in [5, 5.41) is 13.4. The normalized spacial score (nSPS) is 14.5. The molecule has 0 spiro atoms. The van der Waals surface area contributed by atoms with Gasteiger partial charge < -0.3 is 20.2 Å². The van der Waals surface area contributed by atoms with Crippen LogP contribution in [0.1, 0.15) is 40.3 Å². The number of nitrogens with one attached hydrogen (secondary N) is 1. The van der Waals surface area contributed by atoms with Crippen molar-refractivity contribution >= 4 is 45.9 Å². The molecule has 0 bridgehead atoms. The van der Waals surface area contributed by atoms with Gasteiger partial charge >= 0.3 is 5.97 Å². The maximum Gasteiger partial charge on any atom is 0.356 e. The number of carboxylic acid groups (broad SMARTS) is 1. The molecule has 5 rings (SSSR count). The second-order valence-electron chi connectivity index (χ2n) is 9.72. The molecule has 0 radical (unpaired) electrons. The van der Waals surface area contributed by atoms with E-state index in [0.29, 0.717) is 48.7 Å². The maximum atomic E-state index is 13.5. The third kappa shape index (κ3) is 5.22. The van der Waals surface area contributed by atoms with E-state index in [1.165, 1.54) is 6.07 Å². The second-order valence-corrected chi connectivity index (χ2v) is 10.1. The number of carbonyl (C=O) groups is 1. The van der Waals surface area contributed by atoms with Crippen molar-refractivity contribution in [1.82, 2.24) is 24.5 Å². The molecule has 0 unspecified atom stereocenters. The highest BCUT2D eigenvalue weighted by molar-refractivity contribution is 6.29. The lowest BCUT2D eigenvalue weighted by Crippen LogP contribution is -2.48. The average Bonchev–Trinajstić information content (AvgIpc) is 2.91. The number of nitrogens with zero attached hydrogens (tertiary/aromatic N) is 7. The summed E-state index contributed by atoms with van der Waals surface area (Å²) in [5.74, 6) is 0.232. The zero-order chi connectivity index (χ0) is 27.8.